The average Bonchev–Trinajstić information content (AvgIpc) is 2.03. The van der Waals surface area contributed by atoms with Gasteiger partial charge in [-0.1, -0.05) is 11.6 Å². The highest BCUT2D eigenvalue weighted by Crippen LogP contribution is 2.06. The minimum atomic E-state index is -3.32. The van der Waals surface area contributed by atoms with Crippen molar-refractivity contribution in [1.29, 1.82) is 0 Å². The molecule has 0 bridgehead atoms. The third-order valence-corrected chi connectivity index (χ3v) is 2.71. The van der Waals surface area contributed by atoms with Crippen LogP contribution in [0.4, 0.5) is 5.95 Å². The van der Waals surface area contributed by atoms with Crippen molar-refractivity contribution in [1.82, 2.24) is 9.97 Å². The lowest BCUT2D eigenvalue weighted by Crippen LogP contribution is -2.16. The fraction of sp³-hybridized carbons (Fsp3) is 0.333. The van der Waals surface area contributed by atoms with Crippen molar-refractivity contribution in [2.75, 3.05) is 10.5 Å². The van der Waals surface area contributed by atoms with Gasteiger partial charge in [-0.2, -0.15) is 0 Å². The van der Waals surface area contributed by atoms with Crippen molar-refractivity contribution in [3.05, 3.63) is 17.4 Å². The summed E-state index contributed by atoms with van der Waals surface area (Å²) in [7, 11) is -3.32. The quantitative estimate of drug-likeness (QED) is 0.770. The molecule has 1 rings (SSSR count). The maximum absolute atomic E-state index is 11.0. The van der Waals surface area contributed by atoms with E-state index in [0.29, 0.717) is 0 Å². The van der Waals surface area contributed by atoms with Gasteiger partial charge < -0.3 is 0 Å². The first kappa shape index (κ1) is 10.2. The van der Waals surface area contributed by atoms with Gasteiger partial charge in [0, 0.05) is 6.20 Å². The molecule has 1 heterocycles. The molecule has 7 heteroatoms. The molecule has 1 aromatic heterocycles. The monoisotopic (exact) mass is 221 g/mol. The molecule has 13 heavy (non-hydrogen) atoms. The van der Waals surface area contributed by atoms with Gasteiger partial charge in [0.05, 0.1) is 5.75 Å². The highest BCUT2D eigenvalue weighted by atomic mass is 35.5. The topological polar surface area (TPSA) is 72.0 Å². The zero-order valence-corrected chi connectivity index (χ0v) is 8.43. The van der Waals surface area contributed by atoms with Crippen molar-refractivity contribution in [2.24, 2.45) is 0 Å². The fourth-order valence-corrected chi connectivity index (χ4v) is 1.25. The number of hydrogen-bond acceptors (Lipinski definition) is 4. The normalized spacial score (nSPS) is 11.2. The molecule has 5 nitrogen and oxygen atoms in total. The molecule has 0 radical (unpaired) electrons. The van der Waals surface area contributed by atoms with Gasteiger partial charge in [-0.05, 0) is 13.0 Å². The molecule has 0 amide bonds. The van der Waals surface area contributed by atoms with Gasteiger partial charge in [0.2, 0.25) is 16.0 Å². The SMILES string of the molecule is CCS(=O)(=O)Nc1nccc(Cl)n1. The summed E-state index contributed by atoms with van der Waals surface area (Å²) in [5.74, 6) is -0.0302. The first-order valence-corrected chi connectivity index (χ1v) is 5.55. The number of nitrogens with one attached hydrogen (secondary N) is 1. The summed E-state index contributed by atoms with van der Waals surface area (Å²) >= 11 is 5.53. The largest absolute Gasteiger partial charge is 0.251 e. The van der Waals surface area contributed by atoms with E-state index >= 15 is 0 Å². The Morgan fingerprint density at radius 1 is 1.62 bits per heavy atom. The molecule has 0 spiro atoms. The molecular formula is C6H8ClN3O2S. The van der Waals surface area contributed by atoms with E-state index in [0.717, 1.165) is 0 Å². The Labute approximate surface area is 81.2 Å². The molecular weight excluding hydrogens is 214 g/mol. The third kappa shape index (κ3) is 3.16. The van der Waals surface area contributed by atoms with Crippen LogP contribution in [-0.2, 0) is 10.0 Å². The van der Waals surface area contributed by atoms with Crippen LogP contribution in [0, 0.1) is 0 Å². The smallest absolute Gasteiger partial charge is 0.237 e. The number of sulfonamides is 1. The van der Waals surface area contributed by atoms with Gasteiger partial charge in [0.1, 0.15) is 5.15 Å². The van der Waals surface area contributed by atoms with Crippen molar-refractivity contribution in [2.45, 2.75) is 6.92 Å². The molecule has 0 aliphatic heterocycles. The van der Waals surface area contributed by atoms with E-state index in [1.165, 1.54) is 19.2 Å². The second-order valence-corrected chi connectivity index (χ2v) is 4.61. The number of halogens is 1. The minimum Gasteiger partial charge on any atom is -0.251 e. The van der Waals surface area contributed by atoms with Gasteiger partial charge >= 0.3 is 0 Å². The third-order valence-electron chi connectivity index (χ3n) is 1.25. The Morgan fingerprint density at radius 3 is 2.85 bits per heavy atom. The summed E-state index contributed by atoms with van der Waals surface area (Å²) in [6, 6.07) is 1.46. The summed E-state index contributed by atoms with van der Waals surface area (Å²) in [5.41, 5.74) is 0. The van der Waals surface area contributed by atoms with Crippen molar-refractivity contribution in [3.63, 3.8) is 0 Å². The highest BCUT2D eigenvalue weighted by Gasteiger charge is 2.08. The van der Waals surface area contributed by atoms with Crippen molar-refractivity contribution in [3.8, 4) is 0 Å². The number of hydrogen-bond donors (Lipinski definition) is 1. The summed E-state index contributed by atoms with van der Waals surface area (Å²) in [6.07, 6.45) is 1.38. The lowest BCUT2D eigenvalue weighted by molar-refractivity contribution is 0.602. The number of rotatable bonds is 3. The second kappa shape index (κ2) is 3.89. The van der Waals surface area contributed by atoms with E-state index in [-0.39, 0.29) is 16.9 Å². The van der Waals surface area contributed by atoms with E-state index in [9.17, 15) is 8.42 Å². The van der Waals surface area contributed by atoms with Gasteiger partial charge in [-0.3, -0.25) is 4.72 Å². The molecule has 0 aliphatic rings. The molecule has 1 N–H and O–H groups in total. The van der Waals surface area contributed by atoms with E-state index < -0.39 is 10.0 Å². The van der Waals surface area contributed by atoms with Crippen LogP contribution in [0.5, 0.6) is 0 Å². The van der Waals surface area contributed by atoms with Gasteiger partial charge in [0.15, 0.2) is 0 Å². The fourth-order valence-electron chi connectivity index (χ4n) is 0.597. The zero-order chi connectivity index (χ0) is 9.90. The predicted octanol–water partition coefficient (Wildman–Crippen LogP) is 0.892. The van der Waals surface area contributed by atoms with Gasteiger partial charge in [-0.25, -0.2) is 18.4 Å². The highest BCUT2D eigenvalue weighted by molar-refractivity contribution is 7.92. The molecule has 0 aliphatic carbocycles. The Bertz CT molecular complexity index is 393. The molecule has 1 aromatic rings. The Balaban J connectivity index is 2.87. The summed E-state index contributed by atoms with van der Waals surface area (Å²) < 4.78 is 24.3. The first-order valence-electron chi connectivity index (χ1n) is 3.52. The first-order chi connectivity index (χ1) is 6.03. The van der Waals surface area contributed by atoms with Crippen LogP contribution in [0.1, 0.15) is 6.92 Å². The van der Waals surface area contributed by atoms with Crippen molar-refractivity contribution < 1.29 is 8.42 Å². The maximum Gasteiger partial charge on any atom is 0.237 e. The van der Waals surface area contributed by atoms with E-state index in [2.05, 4.69) is 14.7 Å². The van der Waals surface area contributed by atoms with Crippen LogP contribution in [0.2, 0.25) is 5.15 Å². The Morgan fingerprint density at radius 2 is 2.31 bits per heavy atom. The van der Waals surface area contributed by atoms with Crippen LogP contribution < -0.4 is 4.72 Å². The van der Waals surface area contributed by atoms with E-state index in [4.69, 9.17) is 11.6 Å². The van der Waals surface area contributed by atoms with Crippen LogP contribution in [-0.4, -0.2) is 24.1 Å². The number of aromatic nitrogens is 2. The van der Waals surface area contributed by atoms with Crippen molar-refractivity contribution >= 4 is 27.6 Å². The van der Waals surface area contributed by atoms with Crippen LogP contribution >= 0.6 is 11.6 Å². The van der Waals surface area contributed by atoms with Gasteiger partial charge in [-0.15, -0.1) is 0 Å². The summed E-state index contributed by atoms with van der Waals surface area (Å²) in [6.45, 7) is 1.52. The molecule has 0 saturated carbocycles. The number of nitrogens with zero attached hydrogens (tertiary/aromatic N) is 2. The van der Waals surface area contributed by atoms with E-state index in [1.54, 1.807) is 0 Å². The predicted molar refractivity (Wildman–Crippen MR) is 50.1 cm³/mol. The number of anilines is 1. The van der Waals surface area contributed by atoms with Gasteiger partial charge in [0.25, 0.3) is 0 Å². The van der Waals surface area contributed by atoms with Crippen LogP contribution in [0.25, 0.3) is 0 Å². The Kier molecular flexibility index (Phi) is 3.05. The second-order valence-electron chi connectivity index (χ2n) is 2.21. The average molecular weight is 222 g/mol. The molecule has 0 atom stereocenters. The maximum atomic E-state index is 11.0. The molecule has 0 saturated heterocycles. The standard InChI is InChI=1S/C6H8ClN3O2S/c1-2-13(11,12)10-6-8-4-3-5(7)9-6/h3-4H,2H2,1H3,(H,8,9,10). The Hall–Kier alpha value is -0.880. The molecule has 72 valence electrons. The van der Waals surface area contributed by atoms with Crippen LogP contribution in [0.15, 0.2) is 12.3 Å². The summed E-state index contributed by atoms with van der Waals surface area (Å²) in [4.78, 5) is 7.36. The molecule has 0 unspecified atom stereocenters. The lowest BCUT2D eigenvalue weighted by Gasteiger charge is -2.02. The summed E-state index contributed by atoms with van der Waals surface area (Å²) in [5, 5.41) is 0.198. The molecule has 0 aromatic carbocycles. The lowest BCUT2D eigenvalue weighted by atomic mass is 10.7. The van der Waals surface area contributed by atoms with Crippen LogP contribution in [0.3, 0.4) is 0 Å². The van der Waals surface area contributed by atoms with E-state index in [1.807, 2.05) is 0 Å². The zero-order valence-electron chi connectivity index (χ0n) is 6.86. The molecule has 0 fully saturated rings. The minimum absolute atomic E-state index is 0.00523.